The molecule has 5 rings (SSSR count). The van der Waals surface area contributed by atoms with E-state index in [4.69, 9.17) is 0 Å². The van der Waals surface area contributed by atoms with Gasteiger partial charge in [0.15, 0.2) is 0 Å². The average Bonchev–Trinajstić information content (AvgIpc) is 3.30. The standard InChI is InChI=1S/C26H25Br2N3O3S/c27-20-7-10-23(28)25(17-20)35(33,34)29-21-8-5-19(6-9-21)26(32)30-14-12-22(13-15-30)31-16-11-18-3-1-2-4-24(18)31/h1-10,17,22,29H,11-16H2. The third-order valence-corrected chi connectivity index (χ3v) is 9.55. The van der Waals surface area contributed by atoms with Crippen molar-refractivity contribution in [2.75, 3.05) is 29.3 Å². The SMILES string of the molecule is O=C(c1ccc(NS(=O)(=O)c2cc(Br)ccc2Br)cc1)N1CCC(N2CCc3ccccc32)CC1. The lowest BCUT2D eigenvalue weighted by Gasteiger charge is -2.38. The van der Waals surface area contributed by atoms with Gasteiger partial charge in [-0.05, 0) is 89.3 Å². The van der Waals surface area contributed by atoms with E-state index >= 15 is 0 Å². The molecular weight excluding hydrogens is 594 g/mol. The molecule has 2 aliphatic heterocycles. The number of nitrogens with zero attached hydrogens (tertiary/aromatic N) is 2. The van der Waals surface area contributed by atoms with E-state index in [-0.39, 0.29) is 10.8 Å². The van der Waals surface area contributed by atoms with E-state index in [0.717, 1.165) is 25.8 Å². The molecule has 0 aromatic heterocycles. The first-order valence-electron chi connectivity index (χ1n) is 11.5. The zero-order valence-corrected chi connectivity index (χ0v) is 22.9. The van der Waals surface area contributed by atoms with Gasteiger partial charge in [0, 0.05) is 51.6 Å². The molecule has 3 aromatic rings. The van der Waals surface area contributed by atoms with Crippen molar-refractivity contribution in [2.24, 2.45) is 0 Å². The lowest BCUT2D eigenvalue weighted by atomic mass is 10.0. The molecule has 182 valence electrons. The Morgan fingerprint density at radius 1 is 0.914 bits per heavy atom. The normalized spacial score (nSPS) is 16.3. The predicted molar refractivity (Wildman–Crippen MR) is 146 cm³/mol. The fourth-order valence-electron chi connectivity index (χ4n) is 4.88. The monoisotopic (exact) mass is 617 g/mol. The lowest BCUT2D eigenvalue weighted by Crippen LogP contribution is -2.46. The highest BCUT2D eigenvalue weighted by atomic mass is 79.9. The molecule has 35 heavy (non-hydrogen) atoms. The van der Waals surface area contributed by atoms with Gasteiger partial charge in [0.1, 0.15) is 4.90 Å². The zero-order valence-electron chi connectivity index (χ0n) is 19.0. The second-order valence-corrected chi connectivity index (χ2v) is 12.3. The number of piperidine rings is 1. The molecule has 2 heterocycles. The largest absolute Gasteiger partial charge is 0.368 e. The second-order valence-electron chi connectivity index (χ2n) is 8.85. The van der Waals surface area contributed by atoms with E-state index in [0.29, 0.717) is 39.3 Å². The highest BCUT2D eigenvalue weighted by molar-refractivity contribution is 9.11. The van der Waals surface area contributed by atoms with Crippen molar-refractivity contribution in [1.29, 1.82) is 0 Å². The summed E-state index contributed by atoms with van der Waals surface area (Å²) in [6, 6.07) is 20.6. The van der Waals surface area contributed by atoms with E-state index in [1.807, 2.05) is 4.90 Å². The summed E-state index contributed by atoms with van der Waals surface area (Å²) in [7, 11) is -3.78. The highest BCUT2D eigenvalue weighted by Gasteiger charge is 2.30. The summed E-state index contributed by atoms with van der Waals surface area (Å²) in [6.45, 7) is 2.48. The first-order valence-corrected chi connectivity index (χ1v) is 14.6. The first-order chi connectivity index (χ1) is 16.8. The van der Waals surface area contributed by atoms with Crippen LogP contribution in [0.3, 0.4) is 0 Å². The maximum Gasteiger partial charge on any atom is 0.263 e. The molecule has 0 bridgehead atoms. The molecule has 0 radical (unpaired) electrons. The molecule has 0 spiro atoms. The molecule has 3 aromatic carbocycles. The number of hydrogen-bond donors (Lipinski definition) is 1. The van der Waals surface area contributed by atoms with Crippen LogP contribution in [0.2, 0.25) is 0 Å². The van der Waals surface area contributed by atoms with Crippen LogP contribution in [0.15, 0.2) is 80.6 Å². The minimum atomic E-state index is -3.78. The minimum Gasteiger partial charge on any atom is -0.368 e. The molecule has 0 saturated carbocycles. The van der Waals surface area contributed by atoms with Gasteiger partial charge < -0.3 is 9.80 Å². The third kappa shape index (κ3) is 5.13. The van der Waals surface area contributed by atoms with E-state index < -0.39 is 10.0 Å². The van der Waals surface area contributed by atoms with Gasteiger partial charge in [-0.1, -0.05) is 34.1 Å². The van der Waals surface area contributed by atoms with Gasteiger partial charge in [-0.2, -0.15) is 0 Å². The van der Waals surface area contributed by atoms with Crippen LogP contribution in [0.4, 0.5) is 11.4 Å². The topological polar surface area (TPSA) is 69.7 Å². The highest BCUT2D eigenvalue weighted by Crippen LogP contribution is 2.33. The number of likely N-dealkylation sites (tertiary alicyclic amines) is 1. The van der Waals surface area contributed by atoms with Gasteiger partial charge >= 0.3 is 0 Å². The summed E-state index contributed by atoms with van der Waals surface area (Å²) in [5.41, 5.74) is 3.71. The summed E-state index contributed by atoms with van der Waals surface area (Å²) in [5.74, 6) is -0.0191. The van der Waals surface area contributed by atoms with Crippen LogP contribution >= 0.6 is 31.9 Å². The molecule has 6 nitrogen and oxygen atoms in total. The van der Waals surface area contributed by atoms with Gasteiger partial charge in [-0.3, -0.25) is 9.52 Å². The van der Waals surface area contributed by atoms with Crippen molar-refractivity contribution in [3.8, 4) is 0 Å². The van der Waals surface area contributed by atoms with E-state index in [1.165, 1.54) is 17.3 Å². The Morgan fingerprint density at radius 2 is 1.63 bits per heavy atom. The van der Waals surface area contributed by atoms with Crippen LogP contribution in [-0.2, 0) is 16.4 Å². The second kappa shape index (κ2) is 9.95. The van der Waals surface area contributed by atoms with Crippen LogP contribution in [0.1, 0.15) is 28.8 Å². The number of carbonyl (C=O) groups excluding carboxylic acids is 1. The Kier molecular flexibility index (Phi) is 6.92. The molecule has 1 amide bonds. The number of carbonyl (C=O) groups is 1. The number of amides is 1. The van der Waals surface area contributed by atoms with Gasteiger partial charge in [-0.15, -0.1) is 0 Å². The predicted octanol–water partition coefficient (Wildman–Crippen LogP) is 5.68. The van der Waals surface area contributed by atoms with Crippen molar-refractivity contribution in [1.82, 2.24) is 4.90 Å². The number of rotatable bonds is 5. The number of hydrogen-bond acceptors (Lipinski definition) is 4. The van der Waals surface area contributed by atoms with Crippen LogP contribution in [0.5, 0.6) is 0 Å². The van der Waals surface area contributed by atoms with Gasteiger partial charge in [0.2, 0.25) is 0 Å². The lowest BCUT2D eigenvalue weighted by molar-refractivity contribution is 0.0712. The molecule has 2 aliphatic rings. The van der Waals surface area contributed by atoms with E-state index in [9.17, 15) is 13.2 Å². The van der Waals surface area contributed by atoms with Crippen LogP contribution < -0.4 is 9.62 Å². The van der Waals surface area contributed by atoms with Crippen molar-refractivity contribution in [2.45, 2.75) is 30.2 Å². The van der Waals surface area contributed by atoms with Crippen LogP contribution in [0, 0.1) is 0 Å². The van der Waals surface area contributed by atoms with Crippen LogP contribution in [-0.4, -0.2) is 44.9 Å². The minimum absolute atomic E-state index is 0.0191. The summed E-state index contributed by atoms with van der Waals surface area (Å²) in [4.78, 5) is 17.6. The van der Waals surface area contributed by atoms with Crippen molar-refractivity contribution < 1.29 is 13.2 Å². The zero-order chi connectivity index (χ0) is 24.6. The number of benzene rings is 3. The van der Waals surface area contributed by atoms with E-state index in [2.05, 4.69) is 65.7 Å². The number of fused-ring (bicyclic) bond motifs is 1. The molecule has 1 N–H and O–H groups in total. The fourth-order valence-corrected chi connectivity index (χ4v) is 7.44. The van der Waals surface area contributed by atoms with Crippen molar-refractivity contribution >= 4 is 59.2 Å². The number of para-hydroxylation sites is 1. The maximum absolute atomic E-state index is 13.1. The average molecular weight is 619 g/mol. The Morgan fingerprint density at radius 3 is 2.37 bits per heavy atom. The van der Waals surface area contributed by atoms with E-state index in [1.54, 1.807) is 36.4 Å². The fraction of sp³-hybridized carbons (Fsp3) is 0.269. The molecule has 0 aliphatic carbocycles. The number of sulfonamides is 1. The summed E-state index contributed by atoms with van der Waals surface area (Å²) in [6.07, 6.45) is 2.98. The molecule has 1 saturated heterocycles. The molecule has 0 atom stereocenters. The summed E-state index contributed by atoms with van der Waals surface area (Å²) >= 11 is 6.60. The summed E-state index contributed by atoms with van der Waals surface area (Å²) < 4.78 is 29.4. The third-order valence-electron chi connectivity index (χ3n) is 6.68. The first kappa shape index (κ1) is 24.3. The Bertz CT molecular complexity index is 1350. The Balaban J connectivity index is 1.21. The number of anilines is 2. The van der Waals surface area contributed by atoms with Gasteiger partial charge in [-0.25, -0.2) is 8.42 Å². The molecule has 9 heteroatoms. The Hall–Kier alpha value is -2.36. The summed E-state index contributed by atoms with van der Waals surface area (Å²) in [5, 5.41) is 0. The molecular formula is C26H25Br2N3O3S. The van der Waals surface area contributed by atoms with Crippen molar-refractivity contribution in [3.63, 3.8) is 0 Å². The number of halogens is 2. The molecule has 1 fully saturated rings. The van der Waals surface area contributed by atoms with Gasteiger partial charge in [0.25, 0.3) is 15.9 Å². The number of nitrogens with one attached hydrogen (secondary N) is 1. The van der Waals surface area contributed by atoms with Crippen molar-refractivity contribution in [3.05, 3.63) is 86.8 Å². The quantitative estimate of drug-likeness (QED) is 0.399. The molecule has 0 unspecified atom stereocenters. The van der Waals surface area contributed by atoms with Crippen LogP contribution in [0.25, 0.3) is 0 Å². The smallest absolute Gasteiger partial charge is 0.263 e. The Labute approximate surface area is 222 Å². The maximum atomic E-state index is 13.1. The van der Waals surface area contributed by atoms with Gasteiger partial charge in [0.05, 0.1) is 0 Å².